The van der Waals surface area contributed by atoms with E-state index in [2.05, 4.69) is 15.4 Å². The standard InChI is InChI=1S/C30H25FN4O5/c1-38-22-6-4-5-21(17-22)34-13-15-35(16-14-34)30(37)28-27(23-7-2-3-8-25(23)39-28)32-29(36)24-18-26(40-33-24)19-9-11-20(31)12-10-19/h2-12,17-18H,13-16H2,1H3,(H,32,36). The lowest BCUT2D eigenvalue weighted by atomic mass is 10.1. The van der Waals surface area contributed by atoms with Crippen LogP contribution in [0.1, 0.15) is 21.0 Å². The summed E-state index contributed by atoms with van der Waals surface area (Å²) < 4.78 is 29.9. The molecule has 5 aromatic rings. The van der Waals surface area contributed by atoms with Crippen LogP contribution in [-0.2, 0) is 0 Å². The number of carbonyl (C=O) groups is 2. The van der Waals surface area contributed by atoms with Crippen LogP contribution in [0.5, 0.6) is 5.75 Å². The van der Waals surface area contributed by atoms with Crippen LogP contribution in [0.4, 0.5) is 15.8 Å². The van der Waals surface area contributed by atoms with Crippen molar-refractivity contribution in [3.05, 3.63) is 96.1 Å². The monoisotopic (exact) mass is 540 g/mol. The predicted octanol–water partition coefficient (Wildman–Crippen LogP) is 5.45. The highest BCUT2D eigenvalue weighted by atomic mass is 19.1. The van der Waals surface area contributed by atoms with Gasteiger partial charge in [0.1, 0.15) is 22.8 Å². The average Bonchev–Trinajstić information content (AvgIpc) is 3.63. The number of nitrogens with zero attached hydrogens (tertiary/aromatic N) is 3. The topological polar surface area (TPSA) is 101 Å². The third-order valence-electron chi connectivity index (χ3n) is 6.89. The zero-order chi connectivity index (χ0) is 27.6. The Balaban J connectivity index is 1.22. The number of piperazine rings is 1. The molecule has 2 aromatic heterocycles. The predicted molar refractivity (Wildman–Crippen MR) is 147 cm³/mol. The highest BCUT2D eigenvalue weighted by molar-refractivity contribution is 6.14. The Morgan fingerprint density at radius 3 is 2.50 bits per heavy atom. The van der Waals surface area contributed by atoms with Crippen LogP contribution in [0.15, 0.2) is 87.8 Å². The molecule has 3 aromatic carbocycles. The van der Waals surface area contributed by atoms with Crippen molar-refractivity contribution in [2.45, 2.75) is 0 Å². The molecule has 40 heavy (non-hydrogen) atoms. The minimum Gasteiger partial charge on any atom is -0.497 e. The first kappa shape index (κ1) is 25.2. The summed E-state index contributed by atoms with van der Waals surface area (Å²) in [5, 5.41) is 7.27. The van der Waals surface area contributed by atoms with Gasteiger partial charge in [-0.2, -0.15) is 0 Å². The van der Waals surface area contributed by atoms with Crippen molar-refractivity contribution in [1.29, 1.82) is 0 Å². The Bertz CT molecular complexity index is 1690. The third kappa shape index (κ3) is 4.86. The highest BCUT2D eigenvalue weighted by Gasteiger charge is 2.30. The van der Waals surface area contributed by atoms with Crippen molar-refractivity contribution in [3.63, 3.8) is 0 Å². The van der Waals surface area contributed by atoms with Gasteiger partial charge >= 0.3 is 0 Å². The van der Waals surface area contributed by atoms with Crippen LogP contribution in [-0.4, -0.2) is 55.2 Å². The van der Waals surface area contributed by atoms with Crippen LogP contribution in [0.2, 0.25) is 0 Å². The van der Waals surface area contributed by atoms with Gasteiger partial charge < -0.3 is 28.8 Å². The van der Waals surface area contributed by atoms with Gasteiger partial charge in [-0.15, -0.1) is 0 Å². The Labute approximate surface area is 228 Å². The summed E-state index contributed by atoms with van der Waals surface area (Å²) in [5.74, 6) is -0.133. The van der Waals surface area contributed by atoms with Gasteiger partial charge in [-0.25, -0.2) is 4.39 Å². The summed E-state index contributed by atoms with van der Waals surface area (Å²) in [4.78, 5) is 30.7. The summed E-state index contributed by atoms with van der Waals surface area (Å²) >= 11 is 0. The first-order chi connectivity index (χ1) is 19.5. The number of anilines is 2. The van der Waals surface area contributed by atoms with Gasteiger partial charge in [0, 0.05) is 54.9 Å². The molecular weight excluding hydrogens is 515 g/mol. The minimum absolute atomic E-state index is 0.00917. The molecule has 1 saturated heterocycles. The number of furan rings is 1. The molecule has 1 fully saturated rings. The number of carbonyl (C=O) groups excluding carboxylic acids is 2. The van der Waals surface area contributed by atoms with Crippen molar-refractivity contribution in [2.75, 3.05) is 43.5 Å². The number of benzene rings is 3. The number of halogens is 1. The highest BCUT2D eigenvalue weighted by Crippen LogP contribution is 2.33. The second kappa shape index (κ2) is 10.6. The summed E-state index contributed by atoms with van der Waals surface area (Å²) in [6.07, 6.45) is 0. The largest absolute Gasteiger partial charge is 0.497 e. The van der Waals surface area contributed by atoms with E-state index >= 15 is 0 Å². The maximum atomic E-state index is 13.6. The first-order valence-corrected chi connectivity index (χ1v) is 12.7. The normalized spacial score (nSPS) is 13.4. The lowest BCUT2D eigenvalue weighted by Gasteiger charge is -2.36. The zero-order valence-electron chi connectivity index (χ0n) is 21.6. The van der Waals surface area contributed by atoms with Gasteiger partial charge in [-0.3, -0.25) is 9.59 Å². The summed E-state index contributed by atoms with van der Waals surface area (Å²) in [5.41, 5.74) is 2.35. The average molecular weight is 541 g/mol. The van der Waals surface area contributed by atoms with E-state index in [0.29, 0.717) is 48.5 Å². The van der Waals surface area contributed by atoms with Gasteiger partial charge in [-0.05, 0) is 48.5 Å². The molecule has 0 aliphatic carbocycles. The molecule has 3 heterocycles. The van der Waals surface area contributed by atoms with E-state index in [1.165, 1.54) is 30.3 Å². The molecule has 1 aliphatic heterocycles. The summed E-state index contributed by atoms with van der Waals surface area (Å²) in [7, 11) is 1.63. The van der Waals surface area contributed by atoms with E-state index in [-0.39, 0.29) is 28.9 Å². The molecule has 9 nitrogen and oxygen atoms in total. The molecule has 0 saturated carbocycles. The molecule has 0 atom stereocenters. The molecule has 6 rings (SSSR count). The Morgan fingerprint density at radius 2 is 1.73 bits per heavy atom. The maximum Gasteiger partial charge on any atom is 0.291 e. The number of rotatable bonds is 6. The SMILES string of the molecule is COc1cccc(N2CCN(C(=O)c3oc4ccccc4c3NC(=O)c3cc(-c4ccc(F)cc4)on3)CC2)c1. The van der Waals surface area contributed by atoms with Gasteiger partial charge in [0.15, 0.2) is 11.5 Å². The lowest BCUT2D eigenvalue weighted by Crippen LogP contribution is -2.48. The molecule has 0 radical (unpaired) electrons. The Kier molecular flexibility index (Phi) is 6.65. The van der Waals surface area contributed by atoms with Crippen molar-refractivity contribution in [1.82, 2.24) is 10.1 Å². The molecule has 0 spiro atoms. The van der Waals surface area contributed by atoms with Crippen molar-refractivity contribution in [3.8, 4) is 17.1 Å². The molecule has 1 N–H and O–H groups in total. The van der Waals surface area contributed by atoms with Crippen LogP contribution >= 0.6 is 0 Å². The number of hydrogen-bond donors (Lipinski definition) is 1. The molecule has 10 heteroatoms. The molecular formula is C30H25FN4O5. The fraction of sp³-hybridized carbons (Fsp3) is 0.167. The van der Waals surface area contributed by atoms with Crippen molar-refractivity contribution >= 4 is 34.2 Å². The summed E-state index contributed by atoms with van der Waals surface area (Å²) in [6, 6.07) is 22.0. The van der Waals surface area contributed by atoms with Crippen LogP contribution in [0.3, 0.4) is 0 Å². The van der Waals surface area contributed by atoms with E-state index in [9.17, 15) is 14.0 Å². The van der Waals surface area contributed by atoms with Gasteiger partial charge in [-0.1, -0.05) is 23.4 Å². The second-order valence-electron chi connectivity index (χ2n) is 9.32. The van der Waals surface area contributed by atoms with Gasteiger partial charge in [0.2, 0.25) is 5.76 Å². The minimum atomic E-state index is -0.569. The van der Waals surface area contributed by atoms with E-state index in [1.54, 1.807) is 36.3 Å². The smallest absolute Gasteiger partial charge is 0.291 e. The van der Waals surface area contributed by atoms with Crippen LogP contribution in [0.25, 0.3) is 22.3 Å². The zero-order valence-corrected chi connectivity index (χ0v) is 21.6. The molecule has 0 unspecified atom stereocenters. The maximum absolute atomic E-state index is 13.6. The molecule has 2 amide bonds. The van der Waals surface area contributed by atoms with E-state index in [0.717, 1.165) is 11.4 Å². The molecule has 0 bridgehead atoms. The van der Waals surface area contributed by atoms with Crippen molar-refractivity contribution < 1.29 is 27.7 Å². The first-order valence-electron chi connectivity index (χ1n) is 12.7. The fourth-order valence-electron chi connectivity index (χ4n) is 4.75. The lowest BCUT2D eigenvalue weighted by molar-refractivity contribution is 0.0718. The number of fused-ring (bicyclic) bond motifs is 1. The second-order valence-corrected chi connectivity index (χ2v) is 9.32. The molecule has 1 aliphatic rings. The number of hydrogen-bond acceptors (Lipinski definition) is 7. The van der Waals surface area contributed by atoms with Gasteiger partial charge in [0.05, 0.1) is 7.11 Å². The molecule has 202 valence electrons. The van der Waals surface area contributed by atoms with Crippen molar-refractivity contribution in [2.24, 2.45) is 0 Å². The third-order valence-corrected chi connectivity index (χ3v) is 6.89. The van der Waals surface area contributed by atoms with E-state index in [1.807, 2.05) is 24.3 Å². The number of aromatic nitrogens is 1. The Hall–Kier alpha value is -5.12. The Morgan fingerprint density at radius 1 is 0.950 bits per heavy atom. The van der Waals surface area contributed by atoms with Crippen LogP contribution < -0.4 is 15.0 Å². The number of amides is 2. The number of methoxy groups -OCH3 is 1. The quantitative estimate of drug-likeness (QED) is 0.306. The fourth-order valence-corrected chi connectivity index (χ4v) is 4.75. The van der Waals surface area contributed by atoms with E-state index in [4.69, 9.17) is 13.7 Å². The number of para-hydroxylation sites is 1. The number of nitrogens with one attached hydrogen (secondary N) is 1. The summed E-state index contributed by atoms with van der Waals surface area (Å²) in [6.45, 7) is 2.22. The number of ether oxygens (including phenoxy) is 1. The van der Waals surface area contributed by atoms with Gasteiger partial charge in [0.25, 0.3) is 11.8 Å². The van der Waals surface area contributed by atoms with Crippen LogP contribution in [0, 0.1) is 5.82 Å². The van der Waals surface area contributed by atoms with E-state index < -0.39 is 5.91 Å².